The molecule has 1 aromatic carbocycles. The SMILES string of the molecule is Cc1cn2cc(C3=Cc4ccc(N5CCN[C@@H](C)C5)cc4CCC3=O)nc2cn1. The molecule has 3 aromatic rings. The first-order chi connectivity index (χ1) is 14.1. The summed E-state index contributed by atoms with van der Waals surface area (Å²) in [7, 11) is 0. The highest BCUT2D eigenvalue weighted by Gasteiger charge is 2.22. The molecule has 5 rings (SSSR count). The second-order valence-electron chi connectivity index (χ2n) is 8.09. The van der Waals surface area contributed by atoms with Gasteiger partial charge in [0.05, 0.1) is 17.6 Å². The molecule has 0 bridgehead atoms. The number of imidazole rings is 1. The Labute approximate surface area is 170 Å². The lowest BCUT2D eigenvalue weighted by Gasteiger charge is -2.34. The van der Waals surface area contributed by atoms with Gasteiger partial charge in [-0.25, -0.2) is 4.98 Å². The van der Waals surface area contributed by atoms with Crippen LogP contribution in [0.25, 0.3) is 17.3 Å². The van der Waals surface area contributed by atoms with Crippen molar-refractivity contribution in [3.63, 3.8) is 0 Å². The average Bonchev–Trinajstić information content (AvgIpc) is 3.05. The molecule has 2 aliphatic rings. The zero-order valence-corrected chi connectivity index (χ0v) is 16.9. The summed E-state index contributed by atoms with van der Waals surface area (Å²) in [6.07, 6.45) is 8.88. The molecule has 1 saturated heterocycles. The van der Waals surface area contributed by atoms with E-state index in [0.29, 0.717) is 18.0 Å². The number of aryl methyl sites for hydroxylation is 2. The van der Waals surface area contributed by atoms with Gasteiger partial charge >= 0.3 is 0 Å². The van der Waals surface area contributed by atoms with Gasteiger partial charge in [0.25, 0.3) is 0 Å². The number of fused-ring (bicyclic) bond motifs is 2. The summed E-state index contributed by atoms with van der Waals surface area (Å²) in [6.45, 7) is 7.19. The van der Waals surface area contributed by atoms with Crippen molar-refractivity contribution in [2.75, 3.05) is 24.5 Å². The van der Waals surface area contributed by atoms with Crippen molar-refractivity contribution < 1.29 is 4.79 Å². The van der Waals surface area contributed by atoms with Gasteiger partial charge in [0, 0.05) is 55.8 Å². The number of aromatic nitrogens is 3. The Morgan fingerprint density at radius 3 is 2.97 bits per heavy atom. The van der Waals surface area contributed by atoms with Crippen LogP contribution < -0.4 is 10.2 Å². The van der Waals surface area contributed by atoms with Crippen LogP contribution in [0.5, 0.6) is 0 Å². The van der Waals surface area contributed by atoms with E-state index in [1.165, 1.54) is 11.3 Å². The molecule has 0 radical (unpaired) electrons. The molecule has 1 fully saturated rings. The Morgan fingerprint density at radius 1 is 1.21 bits per heavy atom. The lowest BCUT2D eigenvalue weighted by atomic mass is 10.0. The van der Waals surface area contributed by atoms with Crippen LogP contribution in [0.2, 0.25) is 0 Å². The van der Waals surface area contributed by atoms with Crippen molar-refractivity contribution in [2.45, 2.75) is 32.7 Å². The van der Waals surface area contributed by atoms with Crippen LogP contribution >= 0.6 is 0 Å². The van der Waals surface area contributed by atoms with Crippen molar-refractivity contribution in [3.05, 3.63) is 59.3 Å². The molecular weight excluding hydrogens is 362 g/mol. The summed E-state index contributed by atoms with van der Waals surface area (Å²) in [5.41, 5.74) is 6.68. The van der Waals surface area contributed by atoms with Crippen LogP contribution in [0.1, 0.15) is 35.9 Å². The number of carbonyl (C=O) groups is 1. The molecule has 6 heteroatoms. The third-order valence-electron chi connectivity index (χ3n) is 5.83. The maximum atomic E-state index is 12.9. The largest absolute Gasteiger partial charge is 0.369 e. The van der Waals surface area contributed by atoms with E-state index in [0.717, 1.165) is 48.7 Å². The molecule has 1 N–H and O–H groups in total. The Hall–Kier alpha value is -2.99. The van der Waals surface area contributed by atoms with E-state index in [1.807, 2.05) is 29.8 Å². The fraction of sp³-hybridized carbons (Fsp3) is 0.348. The molecule has 0 spiro atoms. The maximum absolute atomic E-state index is 12.9. The Kier molecular flexibility index (Phi) is 4.43. The van der Waals surface area contributed by atoms with Crippen molar-refractivity contribution in [1.82, 2.24) is 19.7 Å². The number of carbonyl (C=O) groups excluding carboxylic acids is 1. The van der Waals surface area contributed by atoms with Gasteiger partial charge in [-0.2, -0.15) is 0 Å². The number of ketones is 1. The molecular formula is C23H25N5O. The van der Waals surface area contributed by atoms with Crippen molar-refractivity contribution in [1.29, 1.82) is 0 Å². The predicted molar refractivity (Wildman–Crippen MR) is 115 cm³/mol. The summed E-state index contributed by atoms with van der Waals surface area (Å²) in [5, 5.41) is 3.49. The van der Waals surface area contributed by atoms with Crippen LogP contribution in [0.15, 0.2) is 36.8 Å². The number of piperazine rings is 1. The molecule has 29 heavy (non-hydrogen) atoms. The second kappa shape index (κ2) is 7.12. The highest BCUT2D eigenvalue weighted by Crippen LogP contribution is 2.30. The number of nitrogens with zero attached hydrogens (tertiary/aromatic N) is 4. The molecule has 1 aliphatic heterocycles. The van der Waals surface area contributed by atoms with Gasteiger partial charge in [-0.3, -0.25) is 9.78 Å². The number of Topliss-reactive ketones (excluding diaryl/α,β-unsaturated/α-hetero) is 1. The number of anilines is 1. The molecule has 1 atom stereocenters. The van der Waals surface area contributed by atoms with E-state index in [2.05, 4.69) is 45.3 Å². The van der Waals surface area contributed by atoms with Gasteiger partial charge in [0.15, 0.2) is 11.4 Å². The van der Waals surface area contributed by atoms with Gasteiger partial charge in [-0.05, 0) is 49.6 Å². The maximum Gasteiger partial charge on any atom is 0.165 e. The fourth-order valence-electron chi connectivity index (χ4n) is 4.28. The number of allylic oxidation sites excluding steroid dienone is 1. The quantitative estimate of drug-likeness (QED) is 0.733. The standard InChI is InChI=1S/C23H25N5O/c1-15-12-27(8-7-24-15)19-5-3-18-10-20(22(29)6-4-17(18)9-19)21-14-28-13-16(2)25-11-23(28)26-21/h3,5,9-11,13-15,24H,4,6-8,12H2,1-2H3/t15-/m0/s1. The molecule has 1 aliphatic carbocycles. The molecule has 148 valence electrons. The zero-order valence-electron chi connectivity index (χ0n) is 16.9. The highest BCUT2D eigenvalue weighted by molar-refractivity contribution is 6.25. The van der Waals surface area contributed by atoms with Crippen LogP contribution in [0, 0.1) is 6.92 Å². The lowest BCUT2D eigenvalue weighted by Crippen LogP contribution is -2.49. The molecule has 0 unspecified atom stereocenters. The smallest absolute Gasteiger partial charge is 0.165 e. The third kappa shape index (κ3) is 3.44. The first kappa shape index (κ1) is 18.1. The molecule has 2 aromatic heterocycles. The van der Waals surface area contributed by atoms with E-state index in [-0.39, 0.29) is 5.78 Å². The lowest BCUT2D eigenvalue weighted by molar-refractivity contribution is -0.113. The predicted octanol–water partition coefficient (Wildman–Crippen LogP) is 2.89. The second-order valence-corrected chi connectivity index (χ2v) is 8.09. The Morgan fingerprint density at radius 2 is 2.10 bits per heavy atom. The molecule has 6 nitrogen and oxygen atoms in total. The van der Waals surface area contributed by atoms with E-state index >= 15 is 0 Å². The zero-order chi connectivity index (χ0) is 20.0. The van der Waals surface area contributed by atoms with Gasteiger partial charge in [0.1, 0.15) is 0 Å². The van der Waals surface area contributed by atoms with Crippen LogP contribution in [-0.4, -0.2) is 45.8 Å². The van der Waals surface area contributed by atoms with E-state index in [4.69, 9.17) is 0 Å². The van der Waals surface area contributed by atoms with Gasteiger partial charge in [-0.1, -0.05) is 6.07 Å². The summed E-state index contributed by atoms with van der Waals surface area (Å²) in [6, 6.07) is 7.08. The number of benzene rings is 1. The topological polar surface area (TPSA) is 62.5 Å². The van der Waals surface area contributed by atoms with Crippen molar-refractivity contribution in [3.8, 4) is 0 Å². The summed E-state index contributed by atoms with van der Waals surface area (Å²) < 4.78 is 1.94. The minimum absolute atomic E-state index is 0.145. The van der Waals surface area contributed by atoms with Gasteiger partial charge in [-0.15, -0.1) is 0 Å². The van der Waals surface area contributed by atoms with Crippen LogP contribution in [0.4, 0.5) is 5.69 Å². The number of hydrogen-bond acceptors (Lipinski definition) is 5. The highest BCUT2D eigenvalue weighted by atomic mass is 16.1. The minimum Gasteiger partial charge on any atom is -0.369 e. The fourth-order valence-corrected chi connectivity index (χ4v) is 4.28. The first-order valence-electron chi connectivity index (χ1n) is 10.2. The monoisotopic (exact) mass is 387 g/mol. The number of rotatable bonds is 2. The normalized spacial score (nSPS) is 19.8. The number of nitrogens with one attached hydrogen (secondary N) is 1. The average molecular weight is 387 g/mol. The van der Waals surface area contributed by atoms with Crippen molar-refractivity contribution in [2.24, 2.45) is 0 Å². The van der Waals surface area contributed by atoms with Crippen LogP contribution in [-0.2, 0) is 11.2 Å². The third-order valence-corrected chi connectivity index (χ3v) is 5.83. The van der Waals surface area contributed by atoms with Gasteiger partial charge in [0.2, 0.25) is 0 Å². The molecule has 3 heterocycles. The first-order valence-corrected chi connectivity index (χ1v) is 10.2. The van der Waals surface area contributed by atoms with Crippen LogP contribution in [0.3, 0.4) is 0 Å². The summed E-state index contributed by atoms with van der Waals surface area (Å²) in [4.78, 5) is 24.3. The molecule has 0 saturated carbocycles. The Balaban J connectivity index is 1.51. The Bertz CT molecular complexity index is 1130. The summed E-state index contributed by atoms with van der Waals surface area (Å²) >= 11 is 0. The van der Waals surface area contributed by atoms with E-state index in [1.54, 1.807) is 6.20 Å². The van der Waals surface area contributed by atoms with E-state index in [9.17, 15) is 4.79 Å². The minimum atomic E-state index is 0.145. The number of hydrogen-bond donors (Lipinski definition) is 1. The van der Waals surface area contributed by atoms with E-state index < -0.39 is 0 Å². The summed E-state index contributed by atoms with van der Waals surface area (Å²) in [5.74, 6) is 0.145. The molecule has 0 amide bonds. The van der Waals surface area contributed by atoms with Gasteiger partial charge < -0.3 is 14.6 Å². The van der Waals surface area contributed by atoms with Crippen molar-refractivity contribution >= 4 is 28.8 Å².